The molecule has 1 unspecified atom stereocenters. The van der Waals surface area contributed by atoms with E-state index in [1.807, 2.05) is 27.0 Å². The SMILES string of the molecule is COc1c(C)cc2c(c1O)[C@@H]1C3Cc4c(O)c(C)c5c(c4[C@H](CN)N3[C@](C#N)(C2)CN1C)OCO5. The summed E-state index contributed by atoms with van der Waals surface area (Å²) in [6.45, 7) is 4.54. The number of aryl methyl sites for hydroxylation is 1. The van der Waals surface area contributed by atoms with Crippen LogP contribution >= 0.6 is 0 Å². The van der Waals surface area contributed by atoms with Crippen LogP contribution < -0.4 is 19.9 Å². The minimum Gasteiger partial charge on any atom is -0.507 e. The van der Waals surface area contributed by atoms with Gasteiger partial charge in [-0.2, -0.15) is 5.26 Å². The largest absolute Gasteiger partial charge is 0.507 e. The molecule has 5 heterocycles. The Labute approximate surface area is 204 Å². The maximum atomic E-state index is 11.4. The van der Waals surface area contributed by atoms with Gasteiger partial charge in [-0.05, 0) is 38.4 Å². The molecule has 9 nitrogen and oxygen atoms in total. The Morgan fingerprint density at radius 2 is 1.97 bits per heavy atom. The van der Waals surface area contributed by atoms with Crippen LogP contribution in [0.2, 0.25) is 0 Å². The molecule has 0 spiro atoms. The molecule has 2 aromatic rings. The molecule has 7 rings (SSSR count). The normalized spacial score (nSPS) is 28.6. The second-order valence-corrected chi connectivity index (χ2v) is 10.2. The summed E-state index contributed by atoms with van der Waals surface area (Å²) in [7, 11) is 3.55. The van der Waals surface area contributed by atoms with Gasteiger partial charge in [0, 0.05) is 47.8 Å². The third-order valence-electron chi connectivity index (χ3n) is 8.43. The van der Waals surface area contributed by atoms with E-state index in [-0.39, 0.29) is 43.0 Å². The van der Waals surface area contributed by atoms with Crippen LogP contribution in [0.5, 0.6) is 28.7 Å². The third-order valence-corrected chi connectivity index (χ3v) is 8.43. The predicted octanol–water partition coefficient (Wildman–Crippen LogP) is 2.18. The number of fused-ring (bicyclic) bond motifs is 4. The van der Waals surface area contributed by atoms with Crippen molar-refractivity contribution in [3.8, 4) is 34.8 Å². The molecule has 2 bridgehead atoms. The van der Waals surface area contributed by atoms with E-state index in [4.69, 9.17) is 19.9 Å². The fourth-order valence-corrected chi connectivity index (χ4v) is 7.20. The first-order valence-electron chi connectivity index (χ1n) is 11.9. The number of nitriles is 1. The van der Waals surface area contributed by atoms with Crippen molar-refractivity contribution < 1.29 is 24.4 Å². The fraction of sp³-hybridized carbons (Fsp3) is 0.500. The second-order valence-electron chi connectivity index (χ2n) is 10.2. The number of nitrogens with zero attached hydrogens (tertiary/aromatic N) is 3. The summed E-state index contributed by atoms with van der Waals surface area (Å²) in [4.78, 5) is 4.39. The van der Waals surface area contributed by atoms with E-state index in [1.165, 1.54) is 0 Å². The second kappa shape index (κ2) is 7.40. The molecule has 1 fully saturated rings. The van der Waals surface area contributed by atoms with Gasteiger partial charge in [-0.1, -0.05) is 6.07 Å². The van der Waals surface area contributed by atoms with E-state index in [1.54, 1.807) is 7.11 Å². The summed E-state index contributed by atoms with van der Waals surface area (Å²) in [5.41, 5.74) is 10.3. The van der Waals surface area contributed by atoms with Crippen molar-refractivity contribution in [2.45, 2.75) is 50.4 Å². The molecule has 0 aliphatic carbocycles. The van der Waals surface area contributed by atoms with Crippen LogP contribution in [0.4, 0.5) is 0 Å². The van der Waals surface area contributed by atoms with Gasteiger partial charge in [-0.3, -0.25) is 9.80 Å². The van der Waals surface area contributed by atoms with Crippen LogP contribution in [-0.4, -0.2) is 65.6 Å². The standard InChI is InChI=1S/C26H30N4O5/c1-12-5-14-7-26(9-28)10-29(3)20(18(14)22(32)23(12)33-4)16-6-15-19(17(8-27)30(16)26)25-24(34-11-35-25)13(2)21(15)31/h5,16-17,20,31-32H,6-8,10-11,27H2,1-4H3/t16?,17-,20-,26-/m0/s1. The van der Waals surface area contributed by atoms with Crippen LogP contribution in [0.3, 0.4) is 0 Å². The summed E-state index contributed by atoms with van der Waals surface area (Å²) < 4.78 is 17.2. The number of rotatable bonds is 2. The Morgan fingerprint density at radius 1 is 1.23 bits per heavy atom. The number of ether oxygens (including phenoxy) is 3. The smallest absolute Gasteiger partial charge is 0.231 e. The zero-order valence-corrected chi connectivity index (χ0v) is 20.4. The maximum Gasteiger partial charge on any atom is 0.231 e. The number of aromatic hydroxyl groups is 2. The highest BCUT2D eigenvalue weighted by Gasteiger charge is 2.59. The van der Waals surface area contributed by atoms with Crippen LogP contribution in [0, 0.1) is 25.2 Å². The van der Waals surface area contributed by atoms with Gasteiger partial charge in [0.05, 0.1) is 25.3 Å². The summed E-state index contributed by atoms with van der Waals surface area (Å²) in [5.74, 6) is 1.91. The quantitative estimate of drug-likeness (QED) is 0.596. The number of phenols is 2. The lowest BCUT2D eigenvalue weighted by Gasteiger charge is -2.57. The number of phenolic OH excluding ortho intramolecular Hbond substituents is 2. The highest BCUT2D eigenvalue weighted by Crippen LogP contribution is 2.59. The van der Waals surface area contributed by atoms with Crippen molar-refractivity contribution in [3.05, 3.63) is 39.4 Å². The number of piperazine rings is 1. The molecule has 0 aromatic heterocycles. The van der Waals surface area contributed by atoms with E-state index >= 15 is 0 Å². The number of hydrogen-bond donors (Lipinski definition) is 3. The molecule has 9 heteroatoms. The Kier molecular flexibility index (Phi) is 4.71. The van der Waals surface area contributed by atoms with E-state index < -0.39 is 5.54 Å². The van der Waals surface area contributed by atoms with Crippen LogP contribution in [0.1, 0.15) is 45.5 Å². The first kappa shape index (κ1) is 22.3. The molecule has 4 N–H and O–H groups in total. The Hall–Kier alpha value is -3.19. The summed E-state index contributed by atoms with van der Waals surface area (Å²) in [5, 5.41) is 33.4. The van der Waals surface area contributed by atoms with Crippen molar-refractivity contribution in [3.63, 3.8) is 0 Å². The average Bonchev–Trinajstić information content (AvgIpc) is 3.24. The first-order chi connectivity index (χ1) is 16.8. The molecule has 0 saturated carbocycles. The van der Waals surface area contributed by atoms with Crippen LogP contribution in [-0.2, 0) is 12.8 Å². The zero-order chi connectivity index (χ0) is 24.8. The van der Waals surface area contributed by atoms with Gasteiger partial charge in [0.1, 0.15) is 11.3 Å². The van der Waals surface area contributed by atoms with E-state index in [0.717, 1.165) is 27.8 Å². The fourth-order valence-electron chi connectivity index (χ4n) is 7.20. The summed E-state index contributed by atoms with van der Waals surface area (Å²) >= 11 is 0. The summed E-state index contributed by atoms with van der Waals surface area (Å²) in [6, 6.07) is 3.89. The van der Waals surface area contributed by atoms with Crippen molar-refractivity contribution in [2.24, 2.45) is 5.73 Å². The molecular weight excluding hydrogens is 448 g/mol. The van der Waals surface area contributed by atoms with Gasteiger partial charge in [-0.25, -0.2) is 0 Å². The molecule has 35 heavy (non-hydrogen) atoms. The maximum absolute atomic E-state index is 11.4. The van der Waals surface area contributed by atoms with E-state index in [0.29, 0.717) is 42.2 Å². The Morgan fingerprint density at radius 3 is 2.66 bits per heavy atom. The number of hydrogen-bond acceptors (Lipinski definition) is 9. The van der Waals surface area contributed by atoms with E-state index in [9.17, 15) is 15.5 Å². The van der Waals surface area contributed by atoms with E-state index in [2.05, 4.69) is 15.9 Å². The van der Waals surface area contributed by atoms with Crippen LogP contribution in [0.25, 0.3) is 0 Å². The van der Waals surface area contributed by atoms with Gasteiger partial charge in [0.25, 0.3) is 0 Å². The lowest BCUT2D eigenvalue weighted by atomic mass is 9.76. The Balaban J connectivity index is 1.65. The molecule has 5 aliphatic heterocycles. The van der Waals surface area contributed by atoms with Gasteiger partial charge < -0.3 is 30.2 Å². The molecule has 4 atom stereocenters. The van der Waals surface area contributed by atoms with Gasteiger partial charge >= 0.3 is 0 Å². The zero-order valence-electron chi connectivity index (χ0n) is 20.4. The van der Waals surface area contributed by atoms with Crippen molar-refractivity contribution in [1.82, 2.24) is 9.80 Å². The lowest BCUT2D eigenvalue weighted by Crippen LogP contribution is -2.68. The minimum absolute atomic E-state index is 0.0833. The topological polar surface area (TPSA) is 124 Å². The monoisotopic (exact) mass is 478 g/mol. The van der Waals surface area contributed by atoms with Crippen molar-refractivity contribution in [2.75, 3.05) is 34.0 Å². The highest BCUT2D eigenvalue weighted by molar-refractivity contribution is 5.66. The molecule has 5 aliphatic rings. The Bertz CT molecular complexity index is 1300. The average molecular weight is 479 g/mol. The van der Waals surface area contributed by atoms with Gasteiger partial charge in [-0.15, -0.1) is 0 Å². The molecule has 1 saturated heterocycles. The van der Waals surface area contributed by atoms with Gasteiger partial charge in [0.2, 0.25) is 6.79 Å². The lowest BCUT2D eigenvalue weighted by molar-refractivity contribution is -0.0709. The number of methoxy groups -OCH3 is 1. The number of nitrogens with two attached hydrogens (primary N) is 1. The van der Waals surface area contributed by atoms with Crippen LogP contribution in [0.15, 0.2) is 6.07 Å². The first-order valence-corrected chi connectivity index (χ1v) is 11.9. The highest BCUT2D eigenvalue weighted by atomic mass is 16.7. The molecule has 0 amide bonds. The summed E-state index contributed by atoms with van der Waals surface area (Å²) in [6.07, 6.45) is 0.917. The molecule has 184 valence electrons. The minimum atomic E-state index is -0.886. The predicted molar refractivity (Wildman–Crippen MR) is 127 cm³/mol. The molecule has 0 radical (unpaired) electrons. The number of likely N-dealkylation sites (N-methyl/N-ethyl adjacent to an activating group) is 1. The number of benzene rings is 2. The van der Waals surface area contributed by atoms with Crippen molar-refractivity contribution in [1.29, 1.82) is 5.26 Å². The molecular formula is C26H30N4O5. The van der Waals surface area contributed by atoms with Gasteiger partial charge in [0.15, 0.2) is 23.0 Å². The third kappa shape index (κ3) is 2.67. The van der Waals surface area contributed by atoms with Crippen molar-refractivity contribution >= 4 is 0 Å². The molecule has 2 aromatic carbocycles.